The molecule has 0 saturated heterocycles. The average Bonchev–Trinajstić information content (AvgIpc) is 3.26. The number of fused-ring (bicyclic) bond motifs is 1. The van der Waals surface area contributed by atoms with Crippen molar-refractivity contribution in [2.45, 2.75) is 51.6 Å². The number of nitrogens with zero attached hydrogens (tertiary/aromatic N) is 4. The van der Waals surface area contributed by atoms with Gasteiger partial charge in [0.15, 0.2) is 0 Å². The Morgan fingerprint density at radius 3 is 2.41 bits per heavy atom. The van der Waals surface area contributed by atoms with Crippen molar-refractivity contribution in [2.24, 2.45) is 7.05 Å². The Morgan fingerprint density at radius 2 is 1.70 bits per heavy atom. The minimum Gasteiger partial charge on any atom is -0.491 e. The third-order valence-electron chi connectivity index (χ3n) is 8.22. The molecular formula is C33H42N6O5. The van der Waals surface area contributed by atoms with Gasteiger partial charge >= 0.3 is 0 Å². The van der Waals surface area contributed by atoms with Gasteiger partial charge in [-0.3, -0.25) is 23.9 Å². The quantitative estimate of drug-likeness (QED) is 0.446. The van der Waals surface area contributed by atoms with Crippen molar-refractivity contribution in [2.75, 3.05) is 33.8 Å². The fraction of sp³-hybridized carbons (Fsp3) is 0.424. The zero-order valence-corrected chi connectivity index (χ0v) is 26.1. The van der Waals surface area contributed by atoms with E-state index in [0.717, 1.165) is 22.5 Å². The number of hydrogen-bond donors (Lipinski definition) is 2. The maximum absolute atomic E-state index is 13.5. The minimum absolute atomic E-state index is 0.0295. The van der Waals surface area contributed by atoms with Gasteiger partial charge < -0.3 is 25.2 Å². The summed E-state index contributed by atoms with van der Waals surface area (Å²) in [6.45, 7) is 4.25. The lowest BCUT2D eigenvalue weighted by molar-refractivity contribution is -0.140. The van der Waals surface area contributed by atoms with Crippen LogP contribution in [0.4, 0.5) is 0 Å². The zero-order valence-electron chi connectivity index (χ0n) is 26.1. The molecule has 4 rings (SSSR count). The lowest BCUT2D eigenvalue weighted by Gasteiger charge is -2.30. The number of ether oxygens (including phenoxy) is 1. The van der Waals surface area contributed by atoms with E-state index in [-0.39, 0.29) is 49.4 Å². The fourth-order valence-electron chi connectivity index (χ4n) is 5.34. The van der Waals surface area contributed by atoms with Gasteiger partial charge in [0.2, 0.25) is 17.7 Å². The van der Waals surface area contributed by atoms with Gasteiger partial charge in [-0.05, 0) is 56.4 Å². The van der Waals surface area contributed by atoms with Gasteiger partial charge in [-0.2, -0.15) is 5.10 Å². The molecule has 4 amide bonds. The van der Waals surface area contributed by atoms with E-state index in [1.54, 1.807) is 47.9 Å². The maximum Gasteiger partial charge on any atom is 0.255 e. The molecule has 0 spiro atoms. The van der Waals surface area contributed by atoms with Crippen LogP contribution in [0.5, 0.6) is 5.75 Å². The van der Waals surface area contributed by atoms with Gasteiger partial charge in [0.1, 0.15) is 18.4 Å². The normalized spacial score (nSPS) is 18.5. The molecule has 0 unspecified atom stereocenters. The first-order valence-electron chi connectivity index (χ1n) is 14.9. The first-order valence-corrected chi connectivity index (χ1v) is 14.9. The number of para-hydroxylation sites is 1. The topological polar surface area (TPSA) is 126 Å². The minimum atomic E-state index is -0.974. The molecule has 3 aromatic rings. The first-order chi connectivity index (χ1) is 21.0. The van der Waals surface area contributed by atoms with E-state index in [9.17, 15) is 19.2 Å². The highest BCUT2D eigenvalue weighted by Gasteiger charge is 2.28. The van der Waals surface area contributed by atoms with Gasteiger partial charge in [0.05, 0.1) is 23.8 Å². The molecule has 2 atom stereocenters. The molecular weight excluding hydrogens is 560 g/mol. The summed E-state index contributed by atoms with van der Waals surface area (Å²) in [6, 6.07) is 15.2. The van der Waals surface area contributed by atoms with E-state index in [0.29, 0.717) is 25.1 Å². The molecule has 0 saturated carbocycles. The number of aromatic nitrogens is 2. The Morgan fingerprint density at radius 1 is 1.00 bits per heavy atom. The number of likely N-dealkylation sites (N-methyl/N-ethyl adjacent to an activating group) is 2. The summed E-state index contributed by atoms with van der Waals surface area (Å²) in [5.74, 6) is -1.08. The Kier molecular flexibility index (Phi) is 10.8. The van der Waals surface area contributed by atoms with Crippen molar-refractivity contribution in [1.82, 2.24) is 30.2 Å². The lowest BCUT2D eigenvalue weighted by atomic mass is 10.1. The highest BCUT2D eigenvalue weighted by atomic mass is 16.5. The summed E-state index contributed by atoms with van der Waals surface area (Å²) in [7, 11) is 5.14. The Bertz CT molecular complexity index is 1490. The summed E-state index contributed by atoms with van der Waals surface area (Å²) in [6.07, 6.45) is 1.14. The number of rotatable bonds is 6. The van der Waals surface area contributed by atoms with Crippen LogP contribution in [0.3, 0.4) is 0 Å². The van der Waals surface area contributed by atoms with Crippen LogP contribution in [-0.4, -0.2) is 89.1 Å². The smallest absolute Gasteiger partial charge is 0.255 e. The zero-order chi connectivity index (χ0) is 31.8. The average molecular weight is 603 g/mol. The molecule has 0 bridgehead atoms. The SMILES string of the molecule is Cc1nn(C)c(C)c1CCNC(=O)[C@@H]1CCC(=O)N(C)CC(=O)N(C)[C@H](Cc2ccccc2)COc2ccccc2C(=O)N1. The third kappa shape index (κ3) is 8.03. The largest absolute Gasteiger partial charge is 0.491 e. The van der Waals surface area contributed by atoms with Crippen LogP contribution in [0.15, 0.2) is 54.6 Å². The van der Waals surface area contributed by atoms with Crippen LogP contribution >= 0.6 is 0 Å². The molecule has 0 radical (unpaired) electrons. The van der Waals surface area contributed by atoms with E-state index < -0.39 is 17.9 Å². The molecule has 2 aromatic carbocycles. The second kappa shape index (κ2) is 14.7. The molecule has 234 valence electrons. The number of nitrogens with one attached hydrogen (secondary N) is 2. The predicted octanol–water partition coefficient (Wildman–Crippen LogP) is 2.19. The van der Waals surface area contributed by atoms with Crippen molar-refractivity contribution in [1.29, 1.82) is 0 Å². The van der Waals surface area contributed by atoms with Crippen LogP contribution in [0.1, 0.15) is 45.7 Å². The molecule has 44 heavy (non-hydrogen) atoms. The second-order valence-corrected chi connectivity index (χ2v) is 11.3. The second-order valence-electron chi connectivity index (χ2n) is 11.3. The highest BCUT2D eigenvalue weighted by Crippen LogP contribution is 2.21. The fourth-order valence-corrected chi connectivity index (χ4v) is 5.34. The van der Waals surface area contributed by atoms with Gasteiger partial charge in [-0.1, -0.05) is 42.5 Å². The standard InChI is InChI=1S/C33H42N6O5/c1-22-26(23(2)39(5)36-22)17-18-34-33(43)28-15-16-30(40)37(3)20-31(41)38(4)25(19-24-11-7-6-8-12-24)21-44-29-14-10-9-13-27(29)32(42)35-28/h6-14,25,28H,15-21H2,1-5H3,(H,34,43)(H,35,42)/t25-,28+/m1/s1. The van der Waals surface area contributed by atoms with Crippen LogP contribution in [0, 0.1) is 13.8 Å². The number of carbonyl (C=O) groups is 4. The molecule has 0 fully saturated rings. The molecule has 2 heterocycles. The summed E-state index contributed by atoms with van der Waals surface area (Å²) >= 11 is 0. The number of benzene rings is 2. The number of aryl methyl sites for hydroxylation is 2. The number of carbonyl (C=O) groups excluding carboxylic acids is 4. The number of amides is 4. The van der Waals surface area contributed by atoms with Crippen LogP contribution in [0.25, 0.3) is 0 Å². The van der Waals surface area contributed by atoms with Gasteiger partial charge in [-0.25, -0.2) is 0 Å². The van der Waals surface area contributed by atoms with Gasteiger partial charge in [0.25, 0.3) is 5.91 Å². The third-order valence-corrected chi connectivity index (χ3v) is 8.22. The molecule has 2 N–H and O–H groups in total. The molecule has 1 aliphatic rings. The Hall–Kier alpha value is -4.67. The maximum atomic E-state index is 13.5. The summed E-state index contributed by atoms with van der Waals surface area (Å²) < 4.78 is 7.98. The Labute approximate surface area is 258 Å². The molecule has 1 aliphatic heterocycles. The molecule has 11 heteroatoms. The molecule has 11 nitrogen and oxygen atoms in total. The molecule has 1 aromatic heterocycles. The van der Waals surface area contributed by atoms with Crippen LogP contribution in [-0.2, 0) is 34.3 Å². The molecule has 0 aliphatic carbocycles. The Balaban J connectivity index is 1.55. The van der Waals surface area contributed by atoms with Crippen molar-refractivity contribution < 1.29 is 23.9 Å². The van der Waals surface area contributed by atoms with Crippen molar-refractivity contribution in [3.05, 3.63) is 82.7 Å². The van der Waals surface area contributed by atoms with Crippen molar-refractivity contribution in [3.8, 4) is 5.75 Å². The number of hydrogen-bond acceptors (Lipinski definition) is 6. The van der Waals surface area contributed by atoms with Crippen LogP contribution < -0.4 is 15.4 Å². The van der Waals surface area contributed by atoms with Gasteiger partial charge in [0, 0.05) is 39.8 Å². The monoisotopic (exact) mass is 602 g/mol. The predicted molar refractivity (Wildman–Crippen MR) is 166 cm³/mol. The van der Waals surface area contributed by atoms with E-state index in [4.69, 9.17) is 4.74 Å². The van der Waals surface area contributed by atoms with E-state index in [1.807, 2.05) is 51.2 Å². The van der Waals surface area contributed by atoms with E-state index in [1.165, 1.54) is 4.90 Å². The lowest BCUT2D eigenvalue weighted by Crippen LogP contribution is -2.48. The van der Waals surface area contributed by atoms with E-state index in [2.05, 4.69) is 15.7 Å². The van der Waals surface area contributed by atoms with Gasteiger partial charge in [-0.15, -0.1) is 0 Å². The summed E-state index contributed by atoms with van der Waals surface area (Å²) in [5, 5.41) is 10.2. The summed E-state index contributed by atoms with van der Waals surface area (Å²) in [4.78, 5) is 56.2. The van der Waals surface area contributed by atoms with Crippen molar-refractivity contribution in [3.63, 3.8) is 0 Å². The van der Waals surface area contributed by atoms with Crippen LogP contribution in [0.2, 0.25) is 0 Å². The van der Waals surface area contributed by atoms with E-state index >= 15 is 0 Å². The summed E-state index contributed by atoms with van der Waals surface area (Å²) in [5.41, 5.74) is 4.27. The highest BCUT2D eigenvalue weighted by molar-refractivity contribution is 5.99. The van der Waals surface area contributed by atoms with Crippen molar-refractivity contribution >= 4 is 23.6 Å². The first kappa shape index (κ1) is 32.2.